The first-order chi connectivity index (χ1) is 17.0. The van der Waals surface area contributed by atoms with Crippen LogP contribution in [0.3, 0.4) is 0 Å². The third-order valence-corrected chi connectivity index (χ3v) is 7.27. The van der Waals surface area contributed by atoms with Crippen LogP contribution in [-0.4, -0.2) is 46.4 Å². The van der Waals surface area contributed by atoms with Crippen LogP contribution in [0, 0.1) is 6.92 Å². The zero-order chi connectivity index (χ0) is 26.8. The molecule has 3 aromatic rings. The standard InChI is InChI=1S/C25H31N3O7S/c1-7-26-23(32)25(4,5)28-20(30)18-14(3)19(22(31)35-8-2)36-21(18)27(24(28)33)13-16(29)15-11-9-10-12-17(15)34-6/h9-12,16,29H,7-8,13H2,1-6H3,(H,26,32)/t16-/m0/s1. The van der Waals surface area contributed by atoms with Crippen molar-refractivity contribution in [1.82, 2.24) is 14.5 Å². The highest BCUT2D eigenvalue weighted by Gasteiger charge is 2.36. The molecule has 3 rings (SSSR count). The minimum atomic E-state index is -1.55. The number of para-hydroxylation sites is 1. The number of amides is 1. The molecule has 0 unspecified atom stereocenters. The second-order valence-corrected chi connectivity index (χ2v) is 9.67. The molecule has 2 N–H and O–H groups in total. The highest BCUT2D eigenvalue weighted by molar-refractivity contribution is 7.20. The average Bonchev–Trinajstić information content (AvgIpc) is 3.19. The number of rotatable bonds is 9. The number of nitrogens with zero attached hydrogens (tertiary/aromatic N) is 2. The molecule has 0 fully saturated rings. The third kappa shape index (κ3) is 4.68. The molecule has 0 aliphatic heterocycles. The fourth-order valence-electron chi connectivity index (χ4n) is 4.08. The van der Waals surface area contributed by atoms with Gasteiger partial charge in [-0.25, -0.2) is 14.2 Å². The SMILES string of the molecule is CCNC(=O)C(C)(C)n1c(=O)c2c(C)c(C(=O)OCC)sc2n(C[C@H](O)c2ccccc2OC)c1=O. The van der Waals surface area contributed by atoms with E-state index >= 15 is 0 Å². The second-order valence-electron chi connectivity index (χ2n) is 8.67. The summed E-state index contributed by atoms with van der Waals surface area (Å²) in [7, 11) is 1.47. The van der Waals surface area contributed by atoms with E-state index in [1.54, 1.807) is 45.0 Å². The maximum Gasteiger partial charge on any atom is 0.348 e. The molecule has 1 amide bonds. The van der Waals surface area contributed by atoms with Crippen molar-refractivity contribution in [2.75, 3.05) is 20.3 Å². The lowest BCUT2D eigenvalue weighted by atomic mass is 10.0. The Bertz CT molecular complexity index is 1420. The van der Waals surface area contributed by atoms with Crippen LogP contribution in [0.4, 0.5) is 0 Å². The van der Waals surface area contributed by atoms with Gasteiger partial charge in [0.1, 0.15) is 27.1 Å². The first kappa shape index (κ1) is 27.2. The molecule has 11 heteroatoms. The van der Waals surface area contributed by atoms with Gasteiger partial charge in [-0.2, -0.15) is 0 Å². The van der Waals surface area contributed by atoms with E-state index in [0.29, 0.717) is 23.4 Å². The van der Waals surface area contributed by atoms with Crippen molar-refractivity contribution in [3.63, 3.8) is 0 Å². The number of benzene rings is 1. The van der Waals surface area contributed by atoms with Crippen molar-refractivity contribution < 1.29 is 24.2 Å². The largest absolute Gasteiger partial charge is 0.496 e. The third-order valence-electron chi connectivity index (χ3n) is 5.98. The normalized spacial score (nSPS) is 12.4. The Balaban J connectivity index is 2.35. The molecule has 2 aromatic heterocycles. The van der Waals surface area contributed by atoms with Crippen molar-refractivity contribution in [3.05, 3.63) is 61.1 Å². The number of aryl methyl sites for hydroxylation is 1. The van der Waals surface area contributed by atoms with E-state index in [1.807, 2.05) is 0 Å². The zero-order valence-corrected chi connectivity index (χ0v) is 22.0. The van der Waals surface area contributed by atoms with Gasteiger partial charge >= 0.3 is 11.7 Å². The second kappa shape index (κ2) is 10.7. The average molecular weight is 518 g/mol. The predicted octanol–water partition coefficient (Wildman–Crippen LogP) is 2.32. The molecule has 0 spiro atoms. The minimum Gasteiger partial charge on any atom is -0.496 e. The number of aliphatic hydroxyl groups excluding tert-OH is 1. The summed E-state index contributed by atoms with van der Waals surface area (Å²) in [5.41, 5.74) is -2.24. The lowest BCUT2D eigenvalue weighted by Crippen LogP contribution is -2.55. The van der Waals surface area contributed by atoms with Gasteiger partial charge in [0.2, 0.25) is 5.91 Å². The summed E-state index contributed by atoms with van der Waals surface area (Å²) in [6, 6.07) is 6.84. The molecule has 10 nitrogen and oxygen atoms in total. The van der Waals surface area contributed by atoms with Crippen LogP contribution in [0.25, 0.3) is 10.2 Å². The Morgan fingerprint density at radius 2 is 1.86 bits per heavy atom. The number of methoxy groups -OCH3 is 1. The minimum absolute atomic E-state index is 0.118. The first-order valence-corrected chi connectivity index (χ1v) is 12.4. The Hall–Kier alpha value is -3.44. The molecule has 0 bridgehead atoms. The van der Waals surface area contributed by atoms with Crippen molar-refractivity contribution in [2.45, 2.75) is 52.8 Å². The van der Waals surface area contributed by atoms with Gasteiger partial charge < -0.3 is 19.9 Å². The number of aromatic nitrogens is 2. The lowest BCUT2D eigenvalue weighted by molar-refractivity contribution is -0.128. The van der Waals surface area contributed by atoms with Crippen LogP contribution >= 0.6 is 11.3 Å². The summed E-state index contributed by atoms with van der Waals surface area (Å²) >= 11 is 0.944. The molecule has 1 atom stereocenters. The Kier molecular flexibility index (Phi) is 8.05. The first-order valence-electron chi connectivity index (χ1n) is 11.6. The van der Waals surface area contributed by atoms with E-state index in [2.05, 4.69) is 5.32 Å². The van der Waals surface area contributed by atoms with Gasteiger partial charge in [0, 0.05) is 12.1 Å². The topological polar surface area (TPSA) is 129 Å². The molecule has 0 radical (unpaired) electrons. The number of fused-ring (bicyclic) bond motifs is 1. The van der Waals surface area contributed by atoms with Crippen LogP contribution < -0.4 is 21.3 Å². The maximum absolute atomic E-state index is 13.8. The van der Waals surface area contributed by atoms with Gasteiger partial charge in [-0.1, -0.05) is 18.2 Å². The van der Waals surface area contributed by atoms with E-state index in [9.17, 15) is 24.3 Å². The van der Waals surface area contributed by atoms with Crippen LogP contribution in [0.1, 0.15) is 54.6 Å². The van der Waals surface area contributed by atoms with E-state index in [-0.39, 0.29) is 28.2 Å². The fourth-order valence-corrected chi connectivity index (χ4v) is 5.28. The molecule has 0 saturated carbocycles. The van der Waals surface area contributed by atoms with Crippen LogP contribution in [0.2, 0.25) is 0 Å². The van der Waals surface area contributed by atoms with Gasteiger partial charge in [-0.15, -0.1) is 11.3 Å². The predicted molar refractivity (Wildman–Crippen MR) is 137 cm³/mol. The van der Waals surface area contributed by atoms with Crippen molar-refractivity contribution in [2.24, 2.45) is 0 Å². The van der Waals surface area contributed by atoms with Crippen LogP contribution in [0.5, 0.6) is 5.75 Å². The number of hydrogen-bond donors (Lipinski definition) is 2. The molecule has 0 saturated heterocycles. The Morgan fingerprint density at radius 3 is 2.47 bits per heavy atom. The number of thiophene rings is 1. The van der Waals surface area contributed by atoms with Gasteiger partial charge in [0.15, 0.2) is 0 Å². The van der Waals surface area contributed by atoms with E-state index < -0.39 is 34.8 Å². The summed E-state index contributed by atoms with van der Waals surface area (Å²) in [6.45, 7) is 8.15. The number of likely N-dealkylation sites (N-methyl/N-ethyl adjacent to an activating group) is 1. The molecule has 194 valence electrons. The smallest absolute Gasteiger partial charge is 0.348 e. The lowest BCUT2D eigenvalue weighted by Gasteiger charge is -2.27. The van der Waals surface area contributed by atoms with E-state index in [4.69, 9.17) is 9.47 Å². The number of carbonyl (C=O) groups excluding carboxylic acids is 2. The number of hydrogen-bond acceptors (Lipinski definition) is 8. The number of esters is 1. The Labute approximate surface area is 212 Å². The molecule has 36 heavy (non-hydrogen) atoms. The fraction of sp³-hybridized carbons (Fsp3) is 0.440. The monoisotopic (exact) mass is 517 g/mol. The van der Waals surface area contributed by atoms with Crippen molar-refractivity contribution >= 4 is 33.4 Å². The molecule has 0 aliphatic rings. The summed E-state index contributed by atoms with van der Waals surface area (Å²) < 4.78 is 12.6. The highest BCUT2D eigenvalue weighted by atomic mass is 32.1. The number of nitrogens with one attached hydrogen (secondary N) is 1. The van der Waals surface area contributed by atoms with E-state index in [1.165, 1.54) is 25.5 Å². The Morgan fingerprint density at radius 1 is 1.19 bits per heavy atom. The molecular weight excluding hydrogens is 486 g/mol. The molecule has 1 aromatic carbocycles. The van der Waals surface area contributed by atoms with Gasteiger partial charge in [-0.05, 0) is 46.2 Å². The molecule has 2 heterocycles. The summed E-state index contributed by atoms with van der Waals surface area (Å²) in [6.07, 6.45) is -1.19. The summed E-state index contributed by atoms with van der Waals surface area (Å²) in [5, 5.41) is 13.9. The quantitative estimate of drug-likeness (QED) is 0.417. The zero-order valence-electron chi connectivity index (χ0n) is 21.2. The number of aliphatic hydroxyl groups is 1. The van der Waals surface area contributed by atoms with Gasteiger partial charge in [-0.3, -0.25) is 14.2 Å². The van der Waals surface area contributed by atoms with Crippen molar-refractivity contribution in [3.8, 4) is 5.75 Å². The highest BCUT2D eigenvalue weighted by Crippen LogP contribution is 2.31. The van der Waals surface area contributed by atoms with Crippen LogP contribution in [0.15, 0.2) is 33.9 Å². The summed E-state index contributed by atoms with van der Waals surface area (Å²) in [5.74, 6) is -0.701. The van der Waals surface area contributed by atoms with Gasteiger partial charge in [0.25, 0.3) is 5.56 Å². The molecule has 0 aliphatic carbocycles. The molecular formula is C25H31N3O7S. The van der Waals surface area contributed by atoms with Crippen LogP contribution in [-0.2, 0) is 21.6 Å². The van der Waals surface area contributed by atoms with Crippen molar-refractivity contribution in [1.29, 1.82) is 0 Å². The van der Waals surface area contributed by atoms with Gasteiger partial charge in [0.05, 0.1) is 25.6 Å². The maximum atomic E-state index is 13.8. The summed E-state index contributed by atoms with van der Waals surface area (Å²) in [4.78, 5) is 53.3. The van der Waals surface area contributed by atoms with E-state index in [0.717, 1.165) is 15.9 Å². The number of ether oxygens (including phenoxy) is 2. The number of carbonyl (C=O) groups is 2.